The summed E-state index contributed by atoms with van der Waals surface area (Å²) in [5.74, 6) is 1.03. The Balaban J connectivity index is 1.48. The third-order valence-corrected chi connectivity index (χ3v) is 6.37. The maximum absolute atomic E-state index is 13.3. The van der Waals surface area contributed by atoms with Crippen molar-refractivity contribution in [2.75, 3.05) is 43.4 Å². The van der Waals surface area contributed by atoms with Gasteiger partial charge >= 0.3 is 0 Å². The molecule has 0 bridgehead atoms. The quantitative estimate of drug-likeness (QED) is 0.847. The molecule has 1 saturated carbocycles. The van der Waals surface area contributed by atoms with Crippen LogP contribution in [0.2, 0.25) is 5.02 Å². The van der Waals surface area contributed by atoms with Gasteiger partial charge in [-0.25, -0.2) is 4.98 Å². The molecule has 0 radical (unpaired) electrons. The zero-order valence-corrected chi connectivity index (χ0v) is 17.1. The highest BCUT2D eigenvalue weighted by Gasteiger charge is 2.42. The van der Waals surface area contributed by atoms with E-state index in [1.165, 1.54) is 0 Å². The van der Waals surface area contributed by atoms with Crippen LogP contribution in [-0.2, 0) is 10.2 Å². The van der Waals surface area contributed by atoms with Gasteiger partial charge in [0.15, 0.2) is 0 Å². The minimum Gasteiger partial charge on any atom is -0.354 e. The van der Waals surface area contributed by atoms with Crippen LogP contribution < -0.4 is 10.2 Å². The molecule has 2 heterocycles. The van der Waals surface area contributed by atoms with Gasteiger partial charge in [-0.15, -0.1) is 0 Å². The van der Waals surface area contributed by atoms with Crippen LogP contribution in [0.25, 0.3) is 0 Å². The number of aromatic nitrogens is 1. The lowest BCUT2D eigenvalue weighted by Crippen LogP contribution is -2.44. The van der Waals surface area contributed by atoms with E-state index in [4.69, 9.17) is 11.6 Å². The third kappa shape index (κ3) is 3.87. The number of benzene rings is 1. The fourth-order valence-corrected chi connectivity index (χ4v) is 4.45. The smallest absolute Gasteiger partial charge is 0.235 e. The van der Waals surface area contributed by atoms with Gasteiger partial charge in [-0.05, 0) is 49.7 Å². The van der Waals surface area contributed by atoms with Crippen LogP contribution in [0.15, 0.2) is 42.6 Å². The summed E-state index contributed by atoms with van der Waals surface area (Å²) in [6.45, 7) is 4.05. The largest absolute Gasteiger partial charge is 0.354 e. The van der Waals surface area contributed by atoms with Crippen molar-refractivity contribution in [3.05, 3.63) is 53.2 Å². The van der Waals surface area contributed by atoms with Gasteiger partial charge in [0.05, 0.1) is 17.3 Å². The summed E-state index contributed by atoms with van der Waals surface area (Å²) in [7, 11) is 2.14. The first kappa shape index (κ1) is 19.2. The molecule has 1 aliphatic heterocycles. The molecule has 2 aromatic rings. The number of amides is 1. The predicted octanol–water partition coefficient (Wildman–Crippen LogP) is 3.94. The van der Waals surface area contributed by atoms with Crippen molar-refractivity contribution in [3.8, 4) is 0 Å². The van der Waals surface area contributed by atoms with Crippen LogP contribution in [0.5, 0.6) is 0 Å². The average molecular weight is 399 g/mol. The number of likely N-dealkylation sites (N-methyl/N-ethyl adjacent to an activating group) is 1. The molecule has 2 fully saturated rings. The van der Waals surface area contributed by atoms with Crippen LogP contribution >= 0.6 is 11.6 Å². The lowest BCUT2D eigenvalue weighted by atomic mass is 9.78. The number of rotatable bonds is 4. The van der Waals surface area contributed by atoms with Gasteiger partial charge in [-0.3, -0.25) is 4.79 Å². The van der Waals surface area contributed by atoms with Crippen LogP contribution in [0.3, 0.4) is 0 Å². The summed E-state index contributed by atoms with van der Waals surface area (Å²) in [6.07, 6.45) is 5.64. The van der Waals surface area contributed by atoms with Crippen LogP contribution in [0, 0.1) is 0 Å². The molecule has 0 atom stereocenters. The molecular weight excluding hydrogens is 372 g/mol. The summed E-state index contributed by atoms with van der Waals surface area (Å²) in [4.78, 5) is 22.5. The van der Waals surface area contributed by atoms with Crippen LogP contribution in [-0.4, -0.2) is 49.0 Å². The van der Waals surface area contributed by atoms with Gasteiger partial charge in [-0.2, -0.15) is 0 Å². The van der Waals surface area contributed by atoms with Crippen molar-refractivity contribution in [1.82, 2.24) is 9.88 Å². The van der Waals surface area contributed by atoms with Crippen molar-refractivity contribution >= 4 is 29.0 Å². The van der Waals surface area contributed by atoms with E-state index < -0.39 is 5.41 Å². The first-order valence-corrected chi connectivity index (χ1v) is 10.4. The molecule has 1 N–H and O–H groups in total. The van der Waals surface area contributed by atoms with Gasteiger partial charge in [0.2, 0.25) is 5.91 Å². The average Bonchev–Trinajstić information content (AvgIpc) is 3.21. The Kier molecular flexibility index (Phi) is 5.56. The lowest BCUT2D eigenvalue weighted by molar-refractivity contribution is -0.121. The standard InChI is InChI=1S/C22H27ClN4O/c1-26-12-14-27(15-13-26)20-9-8-19(16-24-20)25-21(28)22(10-2-3-11-22)17-4-6-18(23)7-5-17/h4-9,16H,2-3,10-15H2,1H3,(H,25,28). The Hall–Kier alpha value is -2.11. The highest BCUT2D eigenvalue weighted by atomic mass is 35.5. The van der Waals surface area contributed by atoms with E-state index in [-0.39, 0.29) is 5.91 Å². The fourth-order valence-electron chi connectivity index (χ4n) is 4.33. The zero-order valence-electron chi connectivity index (χ0n) is 16.3. The second kappa shape index (κ2) is 8.10. The summed E-state index contributed by atoms with van der Waals surface area (Å²) < 4.78 is 0. The van der Waals surface area contributed by atoms with E-state index in [1.807, 2.05) is 36.4 Å². The highest BCUT2D eigenvalue weighted by molar-refractivity contribution is 6.30. The monoisotopic (exact) mass is 398 g/mol. The Morgan fingerprint density at radius 2 is 1.71 bits per heavy atom. The highest BCUT2D eigenvalue weighted by Crippen LogP contribution is 2.42. The summed E-state index contributed by atoms with van der Waals surface area (Å²) in [6, 6.07) is 11.7. The second-order valence-corrected chi connectivity index (χ2v) is 8.38. The predicted molar refractivity (Wildman–Crippen MR) is 114 cm³/mol. The lowest BCUT2D eigenvalue weighted by Gasteiger charge is -2.33. The molecule has 0 unspecified atom stereocenters. The summed E-state index contributed by atoms with van der Waals surface area (Å²) in [5, 5.41) is 3.81. The molecule has 5 nitrogen and oxygen atoms in total. The molecule has 2 aliphatic rings. The molecular formula is C22H27ClN4O. The fraction of sp³-hybridized carbons (Fsp3) is 0.455. The van der Waals surface area contributed by atoms with E-state index in [1.54, 1.807) is 6.20 Å². The number of nitrogens with one attached hydrogen (secondary N) is 1. The van der Waals surface area contributed by atoms with E-state index in [0.29, 0.717) is 5.02 Å². The van der Waals surface area contributed by atoms with E-state index in [9.17, 15) is 4.79 Å². The van der Waals surface area contributed by atoms with Crippen molar-refractivity contribution < 1.29 is 4.79 Å². The number of anilines is 2. The molecule has 1 aromatic carbocycles. The minimum atomic E-state index is -0.472. The molecule has 1 saturated heterocycles. The Morgan fingerprint density at radius 1 is 1.04 bits per heavy atom. The van der Waals surface area contributed by atoms with Crippen LogP contribution in [0.4, 0.5) is 11.5 Å². The molecule has 4 rings (SSSR count). The Bertz CT molecular complexity index is 807. The SMILES string of the molecule is CN1CCN(c2ccc(NC(=O)C3(c4ccc(Cl)cc4)CCCC3)cn2)CC1. The number of piperazine rings is 1. The van der Waals surface area contributed by atoms with Gasteiger partial charge in [0.25, 0.3) is 0 Å². The van der Waals surface area contributed by atoms with Crippen LogP contribution in [0.1, 0.15) is 31.2 Å². The number of pyridine rings is 1. The summed E-state index contributed by atoms with van der Waals surface area (Å²) >= 11 is 6.04. The normalized spacial score (nSPS) is 19.6. The summed E-state index contributed by atoms with van der Waals surface area (Å²) in [5.41, 5.74) is 1.33. The zero-order chi connectivity index (χ0) is 19.6. The first-order chi connectivity index (χ1) is 13.6. The first-order valence-electron chi connectivity index (χ1n) is 10.0. The molecule has 148 valence electrons. The number of carbonyl (C=O) groups excluding carboxylic acids is 1. The molecule has 1 aliphatic carbocycles. The molecule has 0 spiro atoms. The van der Waals surface area contributed by atoms with Gasteiger partial charge in [0.1, 0.15) is 5.82 Å². The molecule has 6 heteroatoms. The maximum Gasteiger partial charge on any atom is 0.235 e. The number of hydrogen-bond donors (Lipinski definition) is 1. The minimum absolute atomic E-state index is 0.0569. The Labute approximate surface area is 171 Å². The van der Waals surface area contributed by atoms with Crippen molar-refractivity contribution in [3.63, 3.8) is 0 Å². The second-order valence-electron chi connectivity index (χ2n) is 7.95. The number of halogens is 1. The molecule has 28 heavy (non-hydrogen) atoms. The van der Waals surface area contributed by atoms with E-state index in [2.05, 4.69) is 27.1 Å². The number of hydrogen-bond acceptors (Lipinski definition) is 4. The maximum atomic E-state index is 13.3. The number of nitrogens with zero attached hydrogens (tertiary/aromatic N) is 3. The number of carbonyl (C=O) groups is 1. The van der Waals surface area contributed by atoms with Gasteiger partial charge in [0, 0.05) is 31.2 Å². The van der Waals surface area contributed by atoms with Crippen molar-refractivity contribution in [2.45, 2.75) is 31.1 Å². The molecule has 1 aromatic heterocycles. The Morgan fingerprint density at radius 3 is 2.32 bits per heavy atom. The van der Waals surface area contributed by atoms with Gasteiger partial charge in [-0.1, -0.05) is 36.6 Å². The van der Waals surface area contributed by atoms with Gasteiger partial charge < -0.3 is 15.1 Å². The van der Waals surface area contributed by atoms with Crippen molar-refractivity contribution in [1.29, 1.82) is 0 Å². The topological polar surface area (TPSA) is 48.5 Å². The molecule has 1 amide bonds. The third-order valence-electron chi connectivity index (χ3n) is 6.12. The van der Waals surface area contributed by atoms with E-state index in [0.717, 1.165) is 68.9 Å². The van der Waals surface area contributed by atoms with Crippen molar-refractivity contribution in [2.24, 2.45) is 0 Å². The van der Waals surface area contributed by atoms with E-state index >= 15 is 0 Å².